The van der Waals surface area contributed by atoms with Gasteiger partial charge in [0.25, 0.3) is 0 Å². The lowest BCUT2D eigenvalue weighted by Gasteiger charge is -2.29. The second-order valence-corrected chi connectivity index (χ2v) is 7.36. The quantitative estimate of drug-likeness (QED) is 0.741. The zero-order valence-corrected chi connectivity index (χ0v) is 14.4. The predicted octanol–water partition coefficient (Wildman–Crippen LogP) is 4.96. The Morgan fingerprint density at radius 1 is 1.39 bits per heavy atom. The minimum absolute atomic E-state index is 0.0183. The molecule has 2 aromatic rings. The SMILES string of the molecule is CC(C)(C)OC(=O)N1CCCC1c1cc(Cl)cc2ccncc12. The van der Waals surface area contributed by atoms with Crippen LogP contribution in [0.2, 0.25) is 5.02 Å². The van der Waals surface area contributed by atoms with Crippen molar-refractivity contribution < 1.29 is 9.53 Å². The van der Waals surface area contributed by atoms with Crippen molar-refractivity contribution in [1.29, 1.82) is 0 Å². The molecular formula is C18H21ClN2O2. The van der Waals surface area contributed by atoms with Gasteiger partial charge in [-0.15, -0.1) is 0 Å². The van der Waals surface area contributed by atoms with Crippen molar-refractivity contribution in [2.45, 2.75) is 45.3 Å². The van der Waals surface area contributed by atoms with E-state index in [0.29, 0.717) is 11.6 Å². The van der Waals surface area contributed by atoms with E-state index in [1.807, 2.05) is 50.1 Å². The Balaban J connectivity index is 1.99. The fraction of sp³-hybridized carbons (Fsp3) is 0.444. The summed E-state index contributed by atoms with van der Waals surface area (Å²) in [5, 5.41) is 2.76. The van der Waals surface area contributed by atoms with Gasteiger partial charge in [0, 0.05) is 29.3 Å². The maximum Gasteiger partial charge on any atom is 0.410 e. The number of benzene rings is 1. The Morgan fingerprint density at radius 3 is 2.91 bits per heavy atom. The highest BCUT2D eigenvalue weighted by Crippen LogP contribution is 2.38. The number of aromatic nitrogens is 1. The van der Waals surface area contributed by atoms with E-state index < -0.39 is 5.60 Å². The second-order valence-electron chi connectivity index (χ2n) is 6.92. The van der Waals surface area contributed by atoms with Crippen LogP contribution in [0.1, 0.15) is 45.2 Å². The van der Waals surface area contributed by atoms with Crippen molar-refractivity contribution in [2.75, 3.05) is 6.54 Å². The number of nitrogens with zero attached hydrogens (tertiary/aromatic N) is 2. The fourth-order valence-corrected chi connectivity index (χ4v) is 3.33. The molecule has 122 valence electrons. The van der Waals surface area contributed by atoms with Gasteiger partial charge < -0.3 is 9.64 Å². The standard InChI is InChI=1S/C18H21ClN2O2/c1-18(2,3)23-17(22)21-8-4-5-16(21)14-10-13(19)9-12-6-7-20-11-15(12)14/h6-7,9-11,16H,4-5,8H2,1-3H3. The zero-order chi connectivity index (χ0) is 16.6. The van der Waals surface area contributed by atoms with E-state index in [2.05, 4.69) is 4.98 Å². The Kier molecular flexibility index (Phi) is 4.19. The summed E-state index contributed by atoms with van der Waals surface area (Å²) in [5.74, 6) is 0. The number of hydrogen-bond acceptors (Lipinski definition) is 3. The number of carbonyl (C=O) groups is 1. The molecule has 1 aromatic heterocycles. The van der Waals surface area contributed by atoms with Crippen LogP contribution < -0.4 is 0 Å². The largest absolute Gasteiger partial charge is 0.444 e. The number of amides is 1. The molecule has 0 aliphatic carbocycles. The normalized spacial score (nSPS) is 18.4. The molecule has 0 radical (unpaired) electrons. The lowest BCUT2D eigenvalue weighted by molar-refractivity contribution is 0.0225. The van der Waals surface area contributed by atoms with Gasteiger partial charge in [-0.3, -0.25) is 4.98 Å². The van der Waals surface area contributed by atoms with Gasteiger partial charge in [-0.2, -0.15) is 0 Å². The molecule has 1 unspecified atom stereocenters. The lowest BCUT2D eigenvalue weighted by atomic mass is 9.98. The van der Waals surface area contributed by atoms with Crippen LogP contribution in [0.3, 0.4) is 0 Å². The van der Waals surface area contributed by atoms with E-state index in [1.54, 1.807) is 6.20 Å². The van der Waals surface area contributed by atoms with Crippen molar-refractivity contribution in [1.82, 2.24) is 9.88 Å². The first-order valence-electron chi connectivity index (χ1n) is 7.88. The smallest absolute Gasteiger partial charge is 0.410 e. The third-order valence-corrected chi connectivity index (χ3v) is 4.21. The van der Waals surface area contributed by atoms with Crippen LogP contribution in [0.25, 0.3) is 10.8 Å². The molecule has 4 nitrogen and oxygen atoms in total. The fourth-order valence-electron chi connectivity index (χ4n) is 3.09. The summed E-state index contributed by atoms with van der Waals surface area (Å²) in [7, 11) is 0. The molecular weight excluding hydrogens is 312 g/mol. The Hall–Kier alpha value is -1.81. The summed E-state index contributed by atoms with van der Waals surface area (Å²) in [5.41, 5.74) is 0.547. The predicted molar refractivity (Wildman–Crippen MR) is 91.7 cm³/mol. The van der Waals surface area contributed by atoms with Gasteiger partial charge in [0.2, 0.25) is 0 Å². The number of ether oxygens (including phenoxy) is 1. The minimum Gasteiger partial charge on any atom is -0.444 e. The van der Waals surface area contributed by atoms with Gasteiger partial charge in [0.15, 0.2) is 0 Å². The highest BCUT2D eigenvalue weighted by Gasteiger charge is 2.34. The molecule has 3 rings (SSSR count). The van der Waals surface area contributed by atoms with E-state index in [1.165, 1.54) is 0 Å². The molecule has 1 atom stereocenters. The van der Waals surface area contributed by atoms with Crippen LogP contribution in [-0.2, 0) is 4.74 Å². The van der Waals surface area contributed by atoms with Crippen LogP contribution in [0, 0.1) is 0 Å². The van der Waals surface area contributed by atoms with Gasteiger partial charge in [-0.25, -0.2) is 4.79 Å². The summed E-state index contributed by atoms with van der Waals surface area (Å²) in [6.07, 6.45) is 5.19. The minimum atomic E-state index is -0.498. The maximum absolute atomic E-state index is 12.5. The van der Waals surface area contributed by atoms with Crippen LogP contribution in [0.4, 0.5) is 4.79 Å². The number of carbonyl (C=O) groups excluding carboxylic acids is 1. The number of rotatable bonds is 1. The summed E-state index contributed by atoms with van der Waals surface area (Å²) >= 11 is 6.28. The lowest BCUT2D eigenvalue weighted by Crippen LogP contribution is -2.36. The average Bonchev–Trinajstić information content (AvgIpc) is 2.93. The van der Waals surface area contributed by atoms with Gasteiger partial charge in [0.05, 0.1) is 6.04 Å². The first-order valence-corrected chi connectivity index (χ1v) is 8.26. The number of halogens is 1. The Morgan fingerprint density at radius 2 is 2.17 bits per heavy atom. The van der Waals surface area contributed by atoms with Crippen LogP contribution >= 0.6 is 11.6 Å². The summed E-state index contributed by atoms with van der Waals surface area (Å²) in [4.78, 5) is 18.6. The van der Waals surface area contributed by atoms with E-state index >= 15 is 0 Å². The molecule has 1 aliphatic rings. The van der Waals surface area contributed by atoms with Crippen molar-refractivity contribution in [3.63, 3.8) is 0 Å². The third-order valence-electron chi connectivity index (χ3n) is 3.99. The molecule has 0 saturated carbocycles. The highest BCUT2D eigenvalue weighted by atomic mass is 35.5. The molecule has 1 amide bonds. The highest BCUT2D eigenvalue weighted by molar-refractivity contribution is 6.31. The molecule has 1 aliphatic heterocycles. The molecule has 5 heteroatoms. The number of likely N-dealkylation sites (tertiary alicyclic amines) is 1. The molecule has 1 aromatic carbocycles. The molecule has 2 heterocycles. The average molecular weight is 333 g/mol. The second kappa shape index (κ2) is 6.00. The van der Waals surface area contributed by atoms with Crippen LogP contribution in [0.5, 0.6) is 0 Å². The van der Waals surface area contributed by atoms with Crippen molar-refractivity contribution in [3.8, 4) is 0 Å². The van der Waals surface area contributed by atoms with Crippen molar-refractivity contribution >= 4 is 28.5 Å². The molecule has 1 saturated heterocycles. The molecule has 0 spiro atoms. The monoisotopic (exact) mass is 332 g/mol. The van der Waals surface area contributed by atoms with Crippen molar-refractivity contribution in [3.05, 3.63) is 41.2 Å². The maximum atomic E-state index is 12.5. The first kappa shape index (κ1) is 16.1. The van der Waals surface area contributed by atoms with Gasteiger partial charge >= 0.3 is 6.09 Å². The number of fused-ring (bicyclic) bond motifs is 1. The number of pyridine rings is 1. The van der Waals surface area contributed by atoms with E-state index in [9.17, 15) is 4.79 Å². The molecule has 1 fully saturated rings. The third kappa shape index (κ3) is 3.42. The summed E-state index contributed by atoms with van der Waals surface area (Å²) in [6, 6.07) is 5.79. The first-order chi connectivity index (χ1) is 10.8. The molecule has 0 N–H and O–H groups in total. The van der Waals surface area contributed by atoms with E-state index in [0.717, 1.165) is 29.2 Å². The Labute approximate surface area is 141 Å². The van der Waals surface area contributed by atoms with E-state index in [4.69, 9.17) is 16.3 Å². The molecule has 23 heavy (non-hydrogen) atoms. The van der Waals surface area contributed by atoms with Gasteiger partial charge in [0.1, 0.15) is 5.60 Å². The molecule has 0 bridgehead atoms. The van der Waals surface area contributed by atoms with E-state index in [-0.39, 0.29) is 12.1 Å². The summed E-state index contributed by atoms with van der Waals surface area (Å²) in [6.45, 7) is 6.35. The topological polar surface area (TPSA) is 42.4 Å². The van der Waals surface area contributed by atoms with Crippen molar-refractivity contribution in [2.24, 2.45) is 0 Å². The van der Waals surface area contributed by atoms with Crippen LogP contribution in [0.15, 0.2) is 30.6 Å². The van der Waals surface area contributed by atoms with Crippen LogP contribution in [-0.4, -0.2) is 28.1 Å². The summed E-state index contributed by atoms with van der Waals surface area (Å²) < 4.78 is 5.55. The Bertz CT molecular complexity index is 739. The number of hydrogen-bond donors (Lipinski definition) is 0. The van der Waals surface area contributed by atoms with Gasteiger partial charge in [-0.1, -0.05) is 11.6 Å². The van der Waals surface area contributed by atoms with Gasteiger partial charge in [-0.05, 0) is 62.8 Å². The zero-order valence-electron chi connectivity index (χ0n) is 13.7.